The third-order valence-corrected chi connectivity index (χ3v) is 3.29. The first-order chi connectivity index (χ1) is 6.11. The molecule has 0 atom stereocenters. The number of aryl methyl sites for hydroxylation is 2. The first-order valence-electron chi connectivity index (χ1n) is 5.03. The predicted molar refractivity (Wildman–Crippen MR) is 54.7 cm³/mol. The highest BCUT2D eigenvalue weighted by Crippen LogP contribution is 2.36. The van der Waals surface area contributed by atoms with E-state index in [1.54, 1.807) is 0 Å². The molecule has 1 aromatic heterocycles. The Morgan fingerprint density at radius 2 is 2.15 bits per heavy atom. The Hall–Kier alpha value is -0.760. The molecule has 0 aromatic carbocycles. The van der Waals surface area contributed by atoms with Crippen molar-refractivity contribution in [2.45, 2.75) is 45.1 Å². The number of nitrogens with one attached hydrogen (secondary N) is 1. The monoisotopic (exact) mass is 178 g/mol. The summed E-state index contributed by atoms with van der Waals surface area (Å²) in [6.07, 6.45) is 6.83. The van der Waals surface area contributed by atoms with Gasteiger partial charge >= 0.3 is 0 Å². The largest absolute Gasteiger partial charge is 0.365 e. The van der Waals surface area contributed by atoms with Crippen LogP contribution in [0, 0.1) is 13.8 Å². The lowest BCUT2D eigenvalue weighted by atomic mass is 10.0. The van der Waals surface area contributed by atoms with Gasteiger partial charge in [0.05, 0.1) is 0 Å². The van der Waals surface area contributed by atoms with E-state index >= 15 is 0 Å². The van der Waals surface area contributed by atoms with Gasteiger partial charge in [0, 0.05) is 17.4 Å². The molecule has 0 bridgehead atoms. The third-order valence-electron chi connectivity index (χ3n) is 3.29. The number of H-pyrrole nitrogens is 1. The van der Waals surface area contributed by atoms with Crippen molar-refractivity contribution in [2.24, 2.45) is 5.73 Å². The average Bonchev–Trinajstić information content (AvgIpc) is 2.75. The van der Waals surface area contributed by atoms with Crippen LogP contribution in [0.1, 0.15) is 36.1 Å². The molecular formula is C11H18N2. The molecule has 0 aliphatic heterocycles. The molecule has 2 heteroatoms. The molecule has 1 heterocycles. The van der Waals surface area contributed by atoms with Crippen LogP contribution >= 0.6 is 0 Å². The number of hydrogen-bond donors (Lipinski definition) is 2. The smallest absolute Gasteiger partial charge is 0.0158 e. The van der Waals surface area contributed by atoms with Crippen molar-refractivity contribution in [3.05, 3.63) is 23.0 Å². The first-order valence-corrected chi connectivity index (χ1v) is 5.03. The summed E-state index contributed by atoms with van der Waals surface area (Å²) >= 11 is 0. The van der Waals surface area contributed by atoms with Gasteiger partial charge in [0.2, 0.25) is 0 Å². The van der Waals surface area contributed by atoms with Crippen LogP contribution in [0.3, 0.4) is 0 Å². The molecule has 0 unspecified atom stereocenters. The van der Waals surface area contributed by atoms with Crippen molar-refractivity contribution in [1.29, 1.82) is 0 Å². The van der Waals surface area contributed by atoms with E-state index in [1.165, 1.54) is 29.7 Å². The van der Waals surface area contributed by atoms with Gasteiger partial charge in [-0.2, -0.15) is 0 Å². The fourth-order valence-electron chi connectivity index (χ4n) is 1.71. The van der Waals surface area contributed by atoms with Gasteiger partial charge in [0.15, 0.2) is 0 Å². The highest BCUT2D eigenvalue weighted by atomic mass is 14.8. The summed E-state index contributed by atoms with van der Waals surface area (Å²) in [5.74, 6) is 0. The maximum absolute atomic E-state index is 6.04. The van der Waals surface area contributed by atoms with Crippen LogP contribution in [-0.2, 0) is 6.42 Å². The summed E-state index contributed by atoms with van der Waals surface area (Å²) < 4.78 is 0. The van der Waals surface area contributed by atoms with Crippen LogP contribution < -0.4 is 5.73 Å². The maximum atomic E-state index is 6.04. The molecule has 72 valence electrons. The van der Waals surface area contributed by atoms with Crippen molar-refractivity contribution in [2.75, 3.05) is 0 Å². The second-order valence-electron chi connectivity index (χ2n) is 4.43. The fourth-order valence-corrected chi connectivity index (χ4v) is 1.71. The minimum absolute atomic E-state index is 0.192. The van der Waals surface area contributed by atoms with E-state index in [1.807, 2.05) is 0 Å². The minimum atomic E-state index is 0.192. The van der Waals surface area contributed by atoms with Crippen molar-refractivity contribution in [1.82, 2.24) is 4.98 Å². The van der Waals surface area contributed by atoms with Crippen molar-refractivity contribution in [3.8, 4) is 0 Å². The van der Waals surface area contributed by atoms with E-state index in [9.17, 15) is 0 Å². The van der Waals surface area contributed by atoms with Gasteiger partial charge in [-0.3, -0.25) is 0 Å². The SMILES string of the molecule is Cc1[nH]cc(CCC2(N)CC2)c1C. The lowest BCUT2D eigenvalue weighted by Gasteiger charge is -2.07. The average molecular weight is 178 g/mol. The van der Waals surface area contributed by atoms with Crippen LogP contribution in [0.5, 0.6) is 0 Å². The Balaban J connectivity index is 1.97. The quantitative estimate of drug-likeness (QED) is 0.731. The predicted octanol–water partition coefficient (Wildman–Crippen LogP) is 2.06. The minimum Gasteiger partial charge on any atom is -0.365 e. The van der Waals surface area contributed by atoms with Crippen molar-refractivity contribution in [3.63, 3.8) is 0 Å². The lowest BCUT2D eigenvalue weighted by Crippen LogP contribution is -2.22. The second-order valence-corrected chi connectivity index (χ2v) is 4.43. The molecule has 1 aliphatic rings. The van der Waals surface area contributed by atoms with Gasteiger partial charge in [0.25, 0.3) is 0 Å². The van der Waals surface area contributed by atoms with Crippen LogP contribution in [0.2, 0.25) is 0 Å². The van der Waals surface area contributed by atoms with Gasteiger partial charge < -0.3 is 10.7 Å². The van der Waals surface area contributed by atoms with E-state index in [-0.39, 0.29) is 5.54 Å². The zero-order chi connectivity index (χ0) is 9.47. The normalized spacial score (nSPS) is 19.0. The highest BCUT2D eigenvalue weighted by Gasteiger charge is 2.37. The van der Waals surface area contributed by atoms with Gasteiger partial charge in [-0.05, 0) is 50.7 Å². The standard InChI is InChI=1S/C11H18N2/c1-8-9(2)13-7-10(8)3-4-11(12)5-6-11/h7,13H,3-6,12H2,1-2H3. The summed E-state index contributed by atoms with van der Waals surface area (Å²) in [4.78, 5) is 3.25. The Morgan fingerprint density at radius 3 is 2.62 bits per heavy atom. The fraction of sp³-hybridized carbons (Fsp3) is 0.636. The third kappa shape index (κ3) is 1.78. The Morgan fingerprint density at radius 1 is 1.46 bits per heavy atom. The molecule has 0 amide bonds. The summed E-state index contributed by atoms with van der Waals surface area (Å²) in [5, 5.41) is 0. The van der Waals surface area contributed by atoms with E-state index in [0.717, 1.165) is 12.8 Å². The van der Waals surface area contributed by atoms with Gasteiger partial charge in [0.1, 0.15) is 0 Å². The summed E-state index contributed by atoms with van der Waals surface area (Å²) in [7, 11) is 0. The molecule has 0 radical (unpaired) electrons. The molecule has 1 aromatic rings. The molecule has 2 nitrogen and oxygen atoms in total. The molecule has 3 N–H and O–H groups in total. The molecular weight excluding hydrogens is 160 g/mol. The van der Waals surface area contributed by atoms with Crippen molar-refractivity contribution < 1.29 is 0 Å². The first kappa shape index (κ1) is 8.82. The molecule has 1 fully saturated rings. The zero-order valence-electron chi connectivity index (χ0n) is 8.48. The van der Waals surface area contributed by atoms with E-state index in [0.29, 0.717) is 0 Å². The summed E-state index contributed by atoms with van der Waals surface area (Å²) in [6.45, 7) is 4.30. The highest BCUT2D eigenvalue weighted by molar-refractivity contribution is 5.29. The summed E-state index contributed by atoms with van der Waals surface area (Å²) in [5.41, 5.74) is 10.4. The number of nitrogens with two attached hydrogens (primary N) is 1. The van der Waals surface area contributed by atoms with Gasteiger partial charge in [-0.1, -0.05) is 0 Å². The van der Waals surface area contributed by atoms with Crippen molar-refractivity contribution >= 4 is 0 Å². The lowest BCUT2D eigenvalue weighted by molar-refractivity contribution is 0.608. The van der Waals surface area contributed by atoms with Crippen LogP contribution in [0.15, 0.2) is 6.20 Å². The van der Waals surface area contributed by atoms with Crippen LogP contribution in [0.25, 0.3) is 0 Å². The molecule has 1 saturated carbocycles. The molecule has 0 spiro atoms. The number of hydrogen-bond acceptors (Lipinski definition) is 1. The number of aromatic nitrogens is 1. The van der Waals surface area contributed by atoms with E-state index < -0.39 is 0 Å². The molecule has 13 heavy (non-hydrogen) atoms. The summed E-state index contributed by atoms with van der Waals surface area (Å²) in [6, 6.07) is 0. The maximum Gasteiger partial charge on any atom is 0.0158 e. The Bertz CT molecular complexity index is 308. The molecule has 1 aliphatic carbocycles. The van der Waals surface area contributed by atoms with Crippen LogP contribution in [0.4, 0.5) is 0 Å². The van der Waals surface area contributed by atoms with E-state index in [2.05, 4.69) is 25.0 Å². The second kappa shape index (κ2) is 2.88. The molecule has 2 rings (SSSR count). The number of rotatable bonds is 3. The molecule has 0 saturated heterocycles. The van der Waals surface area contributed by atoms with E-state index in [4.69, 9.17) is 5.73 Å². The topological polar surface area (TPSA) is 41.8 Å². The Kier molecular flexibility index (Phi) is 1.95. The number of aromatic amines is 1. The zero-order valence-corrected chi connectivity index (χ0v) is 8.48. The van der Waals surface area contributed by atoms with Gasteiger partial charge in [-0.15, -0.1) is 0 Å². The Labute approximate surface area is 79.5 Å². The van der Waals surface area contributed by atoms with Gasteiger partial charge in [-0.25, -0.2) is 0 Å². The van der Waals surface area contributed by atoms with Crippen LogP contribution in [-0.4, -0.2) is 10.5 Å².